The Bertz CT molecular complexity index is 921. The van der Waals surface area contributed by atoms with Crippen molar-refractivity contribution in [3.63, 3.8) is 0 Å². The molecule has 1 unspecified atom stereocenters. The molecule has 4 heteroatoms. The predicted molar refractivity (Wildman–Crippen MR) is 80.0 cm³/mol. The second-order valence-corrected chi connectivity index (χ2v) is 5.49. The number of hydrogen-bond donors (Lipinski definition) is 0. The molecule has 0 radical (unpaired) electrons. The van der Waals surface area contributed by atoms with Gasteiger partial charge in [0.15, 0.2) is 11.2 Å². The minimum atomic E-state index is -1.40. The molecule has 0 saturated carbocycles. The average molecular weight is 292 g/mol. The van der Waals surface area contributed by atoms with Crippen LogP contribution in [0.4, 0.5) is 0 Å². The molecule has 2 aromatic carbocycles. The third kappa shape index (κ3) is 1.52. The van der Waals surface area contributed by atoms with Crippen LogP contribution in [0.3, 0.4) is 0 Å². The van der Waals surface area contributed by atoms with Crippen molar-refractivity contribution in [1.29, 1.82) is 0 Å². The molecule has 4 nitrogen and oxygen atoms in total. The van der Waals surface area contributed by atoms with E-state index in [-0.39, 0.29) is 5.78 Å². The Kier molecular flexibility index (Phi) is 2.51. The van der Waals surface area contributed by atoms with Crippen LogP contribution in [0.1, 0.15) is 22.8 Å². The fourth-order valence-electron chi connectivity index (χ4n) is 2.90. The molecule has 0 bridgehead atoms. The molecule has 0 fully saturated rings. The van der Waals surface area contributed by atoms with Crippen LogP contribution in [-0.4, -0.2) is 11.8 Å². The van der Waals surface area contributed by atoms with Crippen LogP contribution in [-0.2, 0) is 10.2 Å². The maximum Gasteiger partial charge on any atom is 0.329 e. The van der Waals surface area contributed by atoms with Gasteiger partial charge in [-0.15, -0.1) is 0 Å². The normalized spacial score (nSPS) is 20.8. The highest BCUT2D eigenvalue weighted by molar-refractivity contribution is 6.22. The van der Waals surface area contributed by atoms with Crippen molar-refractivity contribution in [3.8, 4) is 5.75 Å². The average Bonchev–Trinajstić information content (AvgIpc) is 2.97. The number of carbonyl (C=O) groups is 2. The summed E-state index contributed by atoms with van der Waals surface area (Å²) in [6.45, 7) is 1.59. The molecule has 0 spiro atoms. The molecule has 1 aliphatic heterocycles. The molecule has 1 aliphatic rings. The summed E-state index contributed by atoms with van der Waals surface area (Å²) in [7, 11) is 0. The van der Waals surface area contributed by atoms with Gasteiger partial charge >= 0.3 is 5.97 Å². The molecular weight excluding hydrogens is 280 g/mol. The highest BCUT2D eigenvalue weighted by Crippen LogP contribution is 2.41. The Morgan fingerprint density at radius 3 is 2.55 bits per heavy atom. The molecule has 0 amide bonds. The first kappa shape index (κ1) is 12.8. The van der Waals surface area contributed by atoms with E-state index in [1.165, 1.54) is 6.26 Å². The minimum absolute atomic E-state index is 0.272. The molecule has 0 N–H and O–H groups in total. The van der Waals surface area contributed by atoms with Gasteiger partial charge in [0.25, 0.3) is 0 Å². The zero-order valence-corrected chi connectivity index (χ0v) is 11.8. The smallest absolute Gasteiger partial charge is 0.329 e. The third-order valence-corrected chi connectivity index (χ3v) is 4.22. The monoisotopic (exact) mass is 292 g/mol. The number of carbonyl (C=O) groups excluding carboxylic acids is 2. The van der Waals surface area contributed by atoms with E-state index in [4.69, 9.17) is 9.15 Å². The van der Waals surface area contributed by atoms with Gasteiger partial charge in [0, 0.05) is 10.9 Å². The van der Waals surface area contributed by atoms with Crippen LogP contribution >= 0.6 is 0 Å². The predicted octanol–water partition coefficient (Wildman–Crippen LogP) is 3.49. The maximum absolute atomic E-state index is 12.9. The lowest BCUT2D eigenvalue weighted by atomic mass is 9.74. The van der Waals surface area contributed by atoms with Crippen LogP contribution in [0.15, 0.2) is 59.2 Å². The van der Waals surface area contributed by atoms with Gasteiger partial charge < -0.3 is 9.15 Å². The number of hydrogen-bond acceptors (Lipinski definition) is 4. The number of rotatable bonds is 1. The van der Waals surface area contributed by atoms with Gasteiger partial charge in [-0.1, -0.05) is 30.3 Å². The standard InChI is InChI=1S/C18H12O4/c1-18(13-10-21-14-8-4-2-6-11(13)14)16(19)12-7-3-5-9-15(12)22-17(18)20/h2-10H,1H3. The number of ether oxygens (including phenoxy) is 1. The summed E-state index contributed by atoms with van der Waals surface area (Å²) >= 11 is 0. The highest BCUT2D eigenvalue weighted by Gasteiger charge is 2.50. The van der Waals surface area contributed by atoms with Gasteiger partial charge in [-0.05, 0) is 25.1 Å². The Hall–Kier alpha value is -2.88. The van der Waals surface area contributed by atoms with Crippen LogP contribution in [0.2, 0.25) is 0 Å². The molecule has 0 saturated heterocycles. The SMILES string of the molecule is CC1(c2coc3ccccc23)C(=O)Oc2ccccc2C1=O. The molecule has 3 aromatic rings. The van der Waals surface area contributed by atoms with Crippen molar-refractivity contribution in [2.45, 2.75) is 12.3 Å². The molecule has 2 heterocycles. The number of esters is 1. The van der Waals surface area contributed by atoms with E-state index in [1.54, 1.807) is 37.3 Å². The summed E-state index contributed by atoms with van der Waals surface area (Å²) in [6, 6.07) is 14.1. The first-order valence-corrected chi connectivity index (χ1v) is 6.95. The van der Waals surface area contributed by atoms with E-state index in [0.29, 0.717) is 22.5 Å². The molecule has 108 valence electrons. The molecule has 1 aromatic heterocycles. The summed E-state index contributed by atoms with van der Waals surface area (Å²) in [5, 5.41) is 0.745. The largest absolute Gasteiger partial charge is 0.464 e. The van der Waals surface area contributed by atoms with Gasteiger partial charge in [-0.2, -0.15) is 0 Å². The zero-order valence-electron chi connectivity index (χ0n) is 11.8. The molecule has 4 rings (SSSR count). The third-order valence-electron chi connectivity index (χ3n) is 4.22. The fraction of sp³-hybridized carbons (Fsp3) is 0.111. The number of fused-ring (bicyclic) bond motifs is 2. The van der Waals surface area contributed by atoms with Crippen LogP contribution < -0.4 is 4.74 Å². The summed E-state index contributed by atoms with van der Waals surface area (Å²) in [5.74, 6) is -0.545. The lowest BCUT2D eigenvalue weighted by molar-refractivity contribution is -0.139. The lowest BCUT2D eigenvalue weighted by Crippen LogP contribution is -2.47. The first-order chi connectivity index (χ1) is 10.6. The van der Waals surface area contributed by atoms with Gasteiger partial charge in [0.1, 0.15) is 11.3 Å². The van der Waals surface area contributed by atoms with E-state index in [1.807, 2.05) is 18.2 Å². The van der Waals surface area contributed by atoms with Crippen LogP contribution in [0, 0.1) is 0 Å². The van der Waals surface area contributed by atoms with E-state index >= 15 is 0 Å². The van der Waals surface area contributed by atoms with E-state index in [0.717, 1.165) is 5.39 Å². The van der Waals surface area contributed by atoms with E-state index < -0.39 is 11.4 Å². The molecular formula is C18H12O4. The first-order valence-electron chi connectivity index (χ1n) is 6.95. The minimum Gasteiger partial charge on any atom is -0.464 e. The Balaban J connectivity index is 1.97. The maximum atomic E-state index is 12.9. The Labute approximate surface area is 126 Å². The Morgan fingerprint density at radius 2 is 1.68 bits per heavy atom. The topological polar surface area (TPSA) is 56.5 Å². The molecule has 0 aliphatic carbocycles. The van der Waals surface area contributed by atoms with Gasteiger partial charge in [0.05, 0.1) is 11.8 Å². The van der Waals surface area contributed by atoms with Crippen molar-refractivity contribution in [1.82, 2.24) is 0 Å². The van der Waals surface area contributed by atoms with Crippen LogP contribution in [0.5, 0.6) is 5.75 Å². The second-order valence-electron chi connectivity index (χ2n) is 5.49. The highest BCUT2D eigenvalue weighted by atomic mass is 16.5. The quantitative estimate of drug-likeness (QED) is 0.391. The fourth-order valence-corrected chi connectivity index (χ4v) is 2.90. The number of benzene rings is 2. The van der Waals surface area contributed by atoms with Crippen molar-refractivity contribution in [2.24, 2.45) is 0 Å². The van der Waals surface area contributed by atoms with Crippen molar-refractivity contribution >= 4 is 22.7 Å². The lowest BCUT2D eigenvalue weighted by Gasteiger charge is -2.30. The summed E-state index contributed by atoms with van der Waals surface area (Å²) in [5.41, 5.74) is 0.182. The van der Waals surface area contributed by atoms with E-state index in [9.17, 15) is 9.59 Å². The number of ketones is 1. The Morgan fingerprint density at radius 1 is 0.955 bits per heavy atom. The van der Waals surface area contributed by atoms with E-state index in [2.05, 4.69) is 0 Å². The second kappa shape index (κ2) is 4.31. The summed E-state index contributed by atoms with van der Waals surface area (Å²) in [6.07, 6.45) is 1.47. The van der Waals surface area contributed by atoms with Crippen LogP contribution in [0.25, 0.3) is 11.0 Å². The van der Waals surface area contributed by atoms with Gasteiger partial charge in [-0.3, -0.25) is 9.59 Å². The summed E-state index contributed by atoms with van der Waals surface area (Å²) < 4.78 is 10.9. The van der Waals surface area contributed by atoms with Crippen molar-refractivity contribution < 1.29 is 18.7 Å². The number of furan rings is 1. The zero-order chi connectivity index (χ0) is 15.3. The van der Waals surface area contributed by atoms with Gasteiger partial charge in [-0.25, -0.2) is 0 Å². The van der Waals surface area contributed by atoms with Gasteiger partial charge in [0.2, 0.25) is 0 Å². The number of para-hydroxylation sites is 2. The van der Waals surface area contributed by atoms with Crippen molar-refractivity contribution in [2.75, 3.05) is 0 Å². The molecule has 1 atom stereocenters. The summed E-state index contributed by atoms with van der Waals surface area (Å²) in [4.78, 5) is 25.5. The molecule has 22 heavy (non-hydrogen) atoms. The number of Topliss-reactive ketones (excluding diaryl/α,β-unsaturated/α-hetero) is 1. The van der Waals surface area contributed by atoms with Crippen molar-refractivity contribution in [3.05, 3.63) is 65.9 Å².